The lowest BCUT2D eigenvalue weighted by Gasteiger charge is -2.16. The first-order chi connectivity index (χ1) is 33.8. The highest BCUT2D eigenvalue weighted by molar-refractivity contribution is 9.09. The molecule has 0 aliphatic heterocycles. The molecule has 0 bridgehead atoms. The Morgan fingerprint density at radius 2 is 1.21 bits per heavy atom. The summed E-state index contributed by atoms with van der Waals surface area (Å²) >= 11 is 3.02. The maximum atomic E-state index is 12.5. The molecule has 3 atom stereocenters. The number of nitrogens with one attached hydrogen (secondary N) is 6. The van der Waals surface area contributed by atoms with Crippen LogP contribution >= 0.6 is 15.9 Å². The van der Waals surface area contributed by atoms with Gasteiger partial charge < -0.3 is 55.5 Å². The van der Waals surface area contributed by atoms with Gasteiger partial charge in [-0.25, -0.2) is 18.0 Å². The first-order valence-electron chi connectivity index (χ1n) is 22.8. The summed E-state index contributed by atoms with van der Waals surface area (Å²) in [7, 11) is -3.93. The molecule has 1 aromatic heterocycles. The Morgan fingerprint density at radius 3 is 1.87 bits per heavy atom. The molecule has 0 aliphatic rings. The van der Waals surface area contributed by atoms with Gasteiger partial charge in [-0.05, 0) is 51.4 Å². The number of hydrogen-bond acceptors (Lipinski definition) is 19. The van der Waals surface area contributed by atoms with E-state index < -0.39 is 107 Å². The number of rotatable bonds is 45. The second-order valence-corrected chi connectivity index (χ2v) is 18.1. The molecule has 1 aromatic rings. The van der Waals surface area contributed by atoms with E-state index in [9.17, 15) is 71.7 Å². The van der Waals surface area contributed by atoms with E-state index in [0.29, 0.717) is 44.5 Å². The Kier molecular flexibility index (Phi) is 34.1. The number of carbonyl (C=O) groups is 10. The minimum atomic E-state index is -3.93. The van der Waals surface area contributed by atoms with Crippen molar-refractivity contribution in [1.82, 2.24) is 46.6 Å². The third-order valence-corrected chi connectivity index (χ3v) is 11.6. The van der Waals surface area contributed by atoms with Gasteiger partial charge in [0, 0.05) is 64.6 Å². The lowest BCUT2D eigenvalue weighted by Crippen LogP contribution is -2.42. The second kappa shape index (κ2) is 38.2. The van der Waals surface area contributed by atoms with Crippen LogP contribution in [0.25, 0.3) is 0 Å². The number of carbonyl (C=O) groups excluding carboxylic acids is 7. The van der Waals surface area contributed by atoms with Crippen LogP contribution in [-0.4, -0.2) is 192 Å². The fourth-order valence-corrected chi connectivity index (χ4v) is 7.33. The quantitative estimate of drug-likeness (QED) is 0.0260. The van der Waals surface area contributed by atoms with Gasteiger partial charge in [-0.2, -0.15) is 5.21 Å². The molecule has 1 rings (SSSR count). The lowest BCUT2D eigenvalue weighted by atomic mass is 9.97. The van der Waals surface area contributed by atoms with Crippen molar-refractivity contribution >= 4 is 85.0 Å². The number of hydrogen-bond donors (Lipinski definition) is 9. The number of unbranched alkanes of at least 4 members (excludes halogenated alkanes) is 1. The molecule has 30 heteroatoms. The highest BCUT2D eigenvalue weighted by atomic mass is 79.9. The first kappa shape index (κ1) is 63.5. The average Bonchev–Trinajstić information content (AvgIpc) is 3.83. The smallest absolute Gasteiger partial charge is 0.326 e. The van der Waals surface area contributed by atoms with Crippen molar-refractivity contribution in [3.05, 3.63) is 5.82 Å². The van der Waals surface area contributed by atoms with E-state index in [1.807, 2.05) is 4.72 Å². The zero-order chi connectivity index (χ0) is 52.9. The van der Waals surface area contributed by atoms with Crippen LogP contribution in [-0.2, 0) is 83.3 Å². The number of ether oxygens (including phenoxy) is 4. The van der Waals surface area contributed by atoms with Gasteiger partial charge in [0.25, 0.3) is 0 Å². The van der Waals surface area contributed by atoms with E-state index in [2.05, 4.69) is 57.8 Å². The third kappa shape index (κ3) is 34.4. The van der Waals surface area contributed by atoms with Crippen molar-refractivity contribution in [2.45, 2.75) is 108 Å². The lowest BCUT2D eigenvalue weighted by molar-refractivity contribution is -0.145. The second-order valence-electron chi connectivity index (χ2n) is 15.7. The van der Waals surface area contributed by atoms with Gasteiger partial charge in [0.2, 0.25) is 39.6 Å². The highest BCUT2D eigenvalue weighted by Crippen LogP contribution is 2.14. The van der Waals surface area contributed by atoms with Gasteiger partial charge in [-0.15, -0.1) is 10.2 Å². The normalized spacial score (nSPS) is 12.5. The minimum Gasteiger partial charge on any atom is -0.481 e. The van der Waals surface area contributed by atoms with Crippen LogP contribution in [0.2, 0.25) is 0 Å². The first-order valence-corrected chi connectivity index (χ1v) is 25.6. The van der Waals surface area contributed by atoms with Crippen molar-refractivity contribution in [1.29, 1.82) is 0 Å². The number of alkyl halides is 1. The third-order valence-electron chi connectivity index (χ3n) is 9.72. The van der Waals surface area contributed by atoms with Crippen LogP contribution in [0.15, 0.2) is 0 Å². The Balaban J connectivity index is 2.17. The van der Waals surface area contributed by atoms with Crippen LogP contribution in [0.5, 0.6) is 0 Å². The number of aliphatic carboxylic acids is 3. The number of aromatic amines is 1. The van der Waals surface area contributed by atoms with Gasteiger partial charge >= 0.3 is 17.9 Å². The van der Waals surface area contributed by atoms with Crippen LogP contribution in [0.1, 0.15) is 95.7 Å². The summed E-state index contributed by atoms with van der Waals surface area (Å²) in [4.78, 5) is 120. The maximum Gasteiger partial charge on any atom is 0.326 e. The topological polar surface area (TPSA) is 417 Å². The zero-order valence-corrected chi connectivity index (χ0v) is 41.7. The van der Waals surface area contributed by atoms with Gasteiger partial charge in [-0.1, -0.05) is 21.1 Å². The van der Waals surface area contributed by atoms with E-state index in [1.54, 1.807) is 0 Å². The molecule has 0 fully saturated rings. The van der Waals surface area contributed by atoms with Crippen molar-refractivity contribution in [2.24, 2.45) is 5.92 Å². The molecule has 0 radical (unpaired) electrons. The van der Waals surface area contributed by atoms with Crippen molar-refractivity contribution in [3.8, 4) is 0 Å². The molecular formula is C41H66BrN9O19S. The van der Waals surface area contributed by atoms with Gasteiger partial charge in [0.15, 0.2) is 11.6 Å². The summed E-state index contributed by atoms with van der Waals surface area (Å²) < 4.78 is 47.3. The van der Waals surface area contributed by atoms with Crippen molar-refractivity contribution < 1.29 is 90.6 Å². The number of tetrazole rings is 1. The van der Waals surface area contributed by atoms with E-state index in [0.717, 1.165) is 0 Å². The molecule has 5 amide bonds. The summed E-state index contributed by atoms with van der Waals surface area (Å²) in [6, 6.07) is -2.54. The van der Waals surface area contributed by atoms with E-state index >= 15 is 0 Å². The standard InChI is InChI=1S/C41H66BrN9O19S/c42-25-37(57)43-15-2-1-7-31(40(61)62)46-38(58)27-70-22-19-67-17-4-6-29(52)12-13-32(41(63)64)45-35(55)14-11-28(39(59)60)24-30(53)26-69-21-20-68-18-16-44-34(54)10-5-23-71(65,66)49-36(56)9-3-8-33-47-50-51-48-33/h28,31-32H,1-27H2,(H,43,57)(H,44,54)(H,45,55)(H,46,58)(H,49,56)(H,59,60)(H,61,62)(H,63,64)(H,47,48,50,51)/t28-,31+,32?/m1/s1. The summed E-state index contributed by atoms with van der Waals surface area (Å²) in [5, 5.41) is 51.6. The van der Waals surface area contributed by atoms with E-state index in [-0.39, 0.29) is 115 Å². The molecule has 0 saturated carbocycles. The van der Waals surface area contributed by atoms with Crippen molar-refractivity contribution in [3.63, 3.8) is 0 Å². The monoisotopic (exact) mass is 1100 g/mol. The number of nitrogens with zero attached hydrogens (tertiary/aromatic N) is 3. The number of Topliss-reactive ketones (excluding diaryl/α,β-unsaturated/α-hetero) is 2. The molecule has 402 valence electrons. The van der Waals surface area contributed by atoms with Crippen LogP contribution in [0, 0.1) is 5.92 Å². The predicted molar refractivity (Wildman–Crippen MR) is 248 cm³/mol. The van der Waals surface area contributed by atoms with Crippen LogP contribution in [0.4, 0.5) is 0 Å². The molecule has 71 heavy (non-hydrogen) atoms. The minimum absolute atomic E-state index is 0.0113. The molecule has 0 aromatic carbocycles. The molecule has 1 heterocycles. The summed E-state index contributed by atoms with van der Waals surface area (Å²) in [6.45, 7) is -0.0954. The molecule has 0 aliphatic carbocycles. The molecule has 28 nitrogen and oxygen atoms in total. The van der Waals surface area contributed by atoms with Crippen LogP contribution in [0.3, 0.4) is 0 Å². The number of H-pyrrole nitrogens is 1. The molecule has 0 spiro atoms. The molecule has 0 saturated heterocycles. The number of aromatic nitrogens is 4. The van der Waals surface area contributed by atoms with Crippen LogP contribution < -0.4 is 26.0 Å². The Morgan fingerprint density at radius 1 is 0.577 bits per heavy atom. The molecule has 9 N–H and O–H groups in total. The highest BCUT2D eigenvalue weighted by Gasteiger charge is 2.26. The molecule has 1 unspecified atom stereocenters. The number of aryl methyl sites for hydroxylation is 1. The Bertz CT molecular complexity index is 1950. The number of carboxylic acids is 3. The summed E-state index contributed by atoms with van der Waals surface area (Å²) in [6.07, 6.45) is 0.363. The predicted octanol–water partition coefficient (Wildman–Crippen LogP) is -1.68. The number of halogens is 1. The average molecular weight is 1100 g/mol. The zero-order valence-electron chi connectivity index (χ0n) is 39.3. The van der Waals surface area contributed by atoms with Gasteiger partial charge in [0.1, 0.15) is 31.1 Å². The van der Waals surface area contributed by atoms with Gasteiger partial charge in [0.05, 0.1) is 50.0 Å². The maximum absolute atomic E-state index is 12.5. The number of carboxylic acid groups (broad SMARTS) is 3. The number of sulfonamides is 1. The van der Waals surface area contributed by atoms with Crippen molar-refractivity contribution in [2.75, 3.05) is 77.0 Å². The SMILES string of the molecule is O=C(CCCOCCOCC(=O)N[C@@H](CCCCNC(=O)CBr)C(=O)O)CCC(NC(=O)CC[C@H](CC(=O)COCCOCCNC(=O)CCCS(=O)(=O)NC(=O)CCCc1nn[nH]n1)C(=O)O)C(=O)O. The largest absolute Gasteiger partial charge is 0.481 e. The fourth-order valence-electron chi connectivity index (χ4n) is 6.05. The Hall–Kier alpha value is -5.56. The van der Waals surface area contributed by atoms with Gasteiger partial charge in [-0.3, -0.25) is 43.1 Å². The fraction of sp³-hybridized carbons (Fsp3) is 0.732. The summed E-state index contributed by atoms with van der Waals surface area (Å²) in [5.74, 6) is -8.85. The Labute approximate surface area is 418 Å². The number of amides is 5. The molecular weight excluding hydrogens is 1030 g/mol. The van der Waals surface area contributed by atoms with E-state index in [4.69, 9.17) is 18.9 Å². The van der Waals surface area contributed by atoms with E-state index in [1.165, 1.54) is 0 Å². The number of ketones is 2. The summed E-state index contributed by atoms with van der Waals surface area (Å²) in [5.41, 5.74) is 0.